The van der Waals surface area contributed by atoms with E-state index in [9.17, 15) is 4.79 Å². The Morgan fingerprint density at radius 1 is 1.36 bits per heavy atom. The maximum Gasteiger partial charge on any atom is 0.307 e. The molecule has 2 heteroatoms. The van der Waals surface area contributed by atoms with Crippen molar-refractivity contribution in [3.63, 3.8) is 0 Å². The lowest BCUT2D eigenvalue weighted by molar-refractivity contribution is -0.142. The van der Waals surface area contributed by atoms with Gasteiger partial charge in [0, 0.05) is 0 Å². The molecule has 1 atom stereocenters. The van der Waals surface area contributed by atoms with Crippen LogP contribution in [-0.4, -0.2) is 11.1 Å². The Morgan fingerprint density at radius 2 is 2.00 bits per heavy atom. The van der Waals surface area contributed by atoms with Crippen molar-refractivity contribution in [3.8, 4) is 0 Å². The summed E-state index contributed by atoms with van der Waals surface area (Å²) < 4.78 is 0. The van der Waals surface area contributed by atoms with Crippen LogP contribution >= 0.6 is 0 Å². The summed E-state index contributed by atoms with van der Waals surface area (Å²) in [5, 5.41) is 9.04. The minimum Gasteiger partial charge on any atom is -0.481 e. The minimum absolute atomic E-state index is 0.169. The van der Waals surface area contributed by atoms with E-state index in [0.717, 1.165) is 18.4 Å². The molecule has 0 aromatic heterocycles. The monoisotopic (exact) mass is 190 g/mol. The van der Waals surface area contributed by atoms with Crippen LogP contribution in [0.4, 0.5) is 0 Å². The van der Waals surface area contributed by atoms with Gasteiger partial charge in [0.25, 0.3) is 0 Å². The number of hydrogen-bond donors (Lipinski definition) is 1. The average Bonchev–Trinajstić information content (AvgIpc) is 2.99. The van der Waals surface area contributed by atoms with E-state index in [4.69, 9.17) is 5.11 Å². The second-order valence-corrected chi connectivity index (χ2v) is 3.97. The van der Waals surface area contributed by atoms with Crippen molar-refractivity contribution in [2.75, 3.05) is 0 Å². The largest absolute Gasteiger partial charge is 0.481 e. The molecule has 1 aliphatic carbocycles. The lowest BCUT2D eigenvalue weighted by atomic mass is 9.95. The summed E-state index contributed by atoms with van der Waals surface area (Å²) in [5.74, 6) is -0.388. The van der Waals surface area contributed by atoms with Crippen molar-refractivity contribution in [2.45, 2.75) is 19.3 Å². The Morgan fingerprint density at radius 3 is 2.50 bits per heavy atom. The Hall–Kier alpha value is -1.31. The van der Waals surface area contributed by atoms with Crippen molar-refractivity contribution < 1.29 is 9.90 Å². The zero-order valence-corrected chi connectivity index (χ0v) is 8.02. The molecular formula is C12H14O2. The molecule has 0 aliphatic heterocycles. The highest BCUT2D eigenvalue weighted by molar-refractivity contribution is 5.71. The fraction of sp³-hybridized carbons (Fsp3) is 0.417. The molecule has 0 unspecified atom stereocenters. The molecule has 0 saturated heterocycles. The molecule has 0 amide bonds. The van der Waals surface area contributed by atoms with Gasteiger partial charge < -0.3 is 5.11 Å². The summed E-state index contributed by atoms with van der Waals surface area (Å²) >= 11 is 0. The van der Waals surface area contributed by atoms with Gasteiger partial charge in [-0.15, -0.1) is 0 Å². The molecule has 0 radical (unpaired) electrons. The maximum atomic E-state index is 11.0. The first-order valence-corrected chi connectivity index (χ1v) is 5.04. The van der Waals surface area contributed by atoms with E-state index in [1.54, 1.807) is 0 Å². The number of rotatable bonds is 4. The lowest BCUT2D eigenvalue weighted by Gasteiger charge is -2.10. The highest BCUT2D eigenvalue weighted by Gasteiger charge is 2.35. The van der Waals surface area contributed by atoms with Crippen molar-refractivity contribution in [2.24, 2.45) is 11.8 Å². The van der Waals surface area contributed by atoms with Gasteiger partial charge in [0.1, 0.15) is 0 Å². The smallest absolute Gasteiger partial charge is 0.307 e. The van der Waals surface area contributed by atoms with Gasteiger partial charge in [-0.3, -0.25) is 4.79 Å². The summed E-state index contributed by atoms with van der Waals surface area (Å²) in [7, 11) is 0. The van der Waals surface area contributed by atoms with E-state index < -0.39 is 5.97 Å². The van der Waals surface area contributed by atoms with Crippen LogP contribution in [-0.2, 0) is 11.2 Å². The number of carboxylic acids is 1. The third-order valence-electron chi connectivity index (χ3n) is 2.81. The van der Waals surface area contributed by atoms with Gasteiger partial charge in [0.2, 0.25) is 0 Å². The Labute approximate surface area is 83.6 Å². The van der Waals surface area contributed by atoms with Gasteiger partial charge in [0.15, 0.2) is 0 Å². The van der Waals surface area contributed by atoms with Crippen molar-refractivity contribution in [1.82, 2.24) is 0 Å². The van der Waals surface area contributed by atoms with E-state index in [1.165, 1.54) is 0 Å². The van der Waals surface area contributed by atoms with E-state index in [1.807, 2.05) is 30.3 Å². The van der Waals surface area contributed by atoms with E-state index >= 15 is 0 Å². The second kappa shape index (κ2) is 3.82. The van der Waals surface area contributed by atoms with Gasteiger partial charge >= 0.3 is 5.97 Å². The first-order chi connectivity index (χ1) is 6.77. The predicted octanol–water partition coefficient (Wildman–Crippen LogP) is 2.34. The standard InChI is InChI=1S/C12H14O2/c13-12(14)11(10-6-7-10)8-9-4-2-1-3-5-9/h1-5,10-11H,6-8H2,(H,13,14)/t11-/m0/s1. The van der Waals surface area contributed by atoms with Gasteiger partial charge in [-0.1, -0.05) is 30.3 Å². The number of benzene rings is 1. The van der Waals surface area contributed by atoms with Crippen LogP contribution in [0.25, 0.3) is 0 Å². The lowest BCUT2D eigenvalue weighted by Crippen LogP contribution is -2.18. The zero-order chi connectivity index (χ0) is 9.97. The normalized spacial score (nSPS) is 17.7. The van der Waals surface area contributed by atoms with Gasteiger partial charge in [-0.25, -0.2) is 0 Å². The van der Waals surface area contributed by atoms with Crippen LogP contribution in [0.3, 0.4) is 0 Å². The van der Waals surface area contributed by atoms with E-state index in [-0.39, 0.29) is 5.92 Å². The van der Waals surface area contributed by atoms with Crippen LogP contribution in [0.1, 0.15) is 18.4 Å². The number of aliphatic carboxylic acids is 1. The summed E-state index contributed by atoms with van der Waals surface area (Å²) in [5.41, 5.74) is 1.13. The Kier molecular flexibility index (Phi) is 2.53. The van der Waals surface area contributed by atoms with Gasteiger partial charge in [0.05, 0.1) is 5.92 Å². The fourth-order valence-corrected chi connectivity index (χ4v) is 1.82. The molecule has 0 bridgehead atoms. The summed E-state index contributed by atoms with van der Waals surface area (Å²) in [4.78, 5) is 11.0. The molecule has 1 aromatic rings. The average molecular weight is 190 g/mol. The molecule has 14 heavy (non-hydrogen) atoms. The summed E-state index contributed by atoms with van der Waals surface area (Å²) in [6.07, 6.45) is 2.86. The van der Waals surface area contributed by atoms with Crippen LogP contribution in [0.15, 0.2) is 30.3 Å². The molecule has 1 aromatic carbocycles. The molecule has 0 spiro atoms. The number of carboxylic acid groups (broad SMARTS) is 1. The van der Waals surface area contributed by atoms with Crippen LogP contribution < -0.4 is 0 Å². The third-order valence-corrected chi connectivity index (χ3v) is 2.81. The Balaban J connectivity index is 2.04. The first-order valence-electron chi connectivity index (χ1n) is 5.04. The summed E-state index contributed by atoms with van der Waals surface area (Å²) in [6.45, 7) is 0. The minimum atomic E-state index is -0.642. The fourth-order valence-electron chi connectivity index (χ4n) is 1.82. The quantitative estimate of drug-likeness (QED) is 0.791. The van der Waals surface area contributed by atoms with Gasteiger partial charge in [-0.2, -0.15) is 0 Å². The number of carbonyl (C=O) groups is 1. The van der Waals surface area contributed by atoms with Crippen molar-refractivity contribution in [1.29, 1.82) is 0 Å². The van der Waals surface area contributed by atoms with Crippen LogP contribution in [0, 0.1) is 11.8 Å². The molecule has 1 fully saturated rings. The molecule has 2 nitrogen and oxygen atoms in total. The topological polar surface area (TPSA) is 37.3 Å². The van der Waals surface area contributed by atoms with Gasteiger partial charge in [-0.05, 0) is 30.7 Å². The molecule has 0 heterocycles. The maximum absolute atomic E-state index is 11.0. The van der Waals surface area contributed by atoms with Crippen LogP contribution in [0.2, 0.25) is 0 Å². The highest BCUT2D eigenvalue weighted by atomic mass is 16.4. The third kappa shape index (κ3) is 2.13. The Bertz CT molecular complexity index is 314. The van der Waals surface area contributed by atoms with Crippen molar-refractivity contribution >= 4 is 5.97 Å². The first kappa shape index (κ1) is 9.25. The molecule has 1 saturated carbocycles. The predicted molar refractivity (Wildman–Crippen MR) is 54.0 cm³/mol. The van der Waals surface area contributed by atoms with Crippen LogP contribution in [0.5, 0.6) is 0 Å². The summed E-state index contributed by atoms with van der Waals surface area (Å²) in [6, 6.07) is 9.87. The SMILES string of the molecule is O=C(O)[C@@H](Cc1ccccc1)C1CC1. The second-order valence-electron chi connectivity index (χ2n) is 3.97. The molecule has 1 N–H and O–H groups in total. The molecule has 2 rings (SSSR count). The number of hydrogen-bond acceptors (Lipinski definition) is 1. The molecular weight excluding hydrogens is 176 g/mol. The van der Waals surface area contributed by atoms with Crippen molar-refractivity contribution in [3.05, 3.63) is 35.9 Å². The molecule has 74 valence electrons. The molecule has 1 aliphatic rings. The van der Waals surface area contributed by atoms with E-state index in [2.05, 4.69) is 0 Å². The highest BCUT2D eigenvalue weighted by Crippen LogP contribution is 2.38. The van der Waals surface area contributed by atoms with E-state index in [0.29, 0.717) is 12.3 Å². The zero-order valence-electron chi connectivity index (χ0n) is 8.02.